The maximum absolute atomic E-state index is 12.2. The highest BCUT2D eigenvalue weighted by atomic mass is 16.6. The number of nitrogens with zero attached hydrogens (tertiary/aromatic N) is 1. The summed E-state index contributed by atoms with van der Waals surface area (Å²) < 4.78 is 20.9. The molecule has 0 bridgehead atoms. The number of nitro groups is 1. The molecule has 0 saturated carbocycles. The SMILES string of the molecule is COc1ccc(C(=O)OCC(=O)Nc2cc3c(cc2[N+](=O)[O-])OCCCO3)cc1. The fourth-order valence-electron chi connectivity index (χ4n) is 2.58. The lowest BCUT2D eigenvalue weighted by atomic mass is 10.2. The molecule has 152 valence electrons. The van der Waals surface area contributed by atoms with E-state index in [1.807, 2.05) is 0 Å². The number of methoxy groups -OCH3 is 1. The van der Waals surface area contributed by atoms with Crippen molar-refractivity contribution in [1.29, 1.82) is 0 Å². The third-order valence-corrected chi connectivity index (χ3v) is 4.00. The molecule has 0 saturated heterocycles. The van der Waals surface area contributed by atoms with Gasteiger partial charge >= 0.3 is 5.97 Å². The largest absolute Gasteiger partial charge is 0.497 e. The third kappa shape index (κ3) is 4.92. The quantitative estimate of drug-likeness (QED) is 0.444. The van der Waals surface area contributed by atoms with Crippen LogP contribution < -0.4 is 19.5 Å². The smallest absolute Gasteiger partial charge is 0.338 e. The summed E-state index contributed by atoms with van der Waals surface area (Å²) in [5.74, 6) is -0.349. The zero-order valence-corrected chi connectivity index (χ0v) is 15.5. The average Bonchev–Trinajstić information content (AvgIpc) is 2.96. The molecule has 2 aromatic carbocycles. The number of nitro benzene ring substituents is 1. The van der Waals surface area contributed by atoms with E-state index in [4.69, 9.17) is 18.9 Å². The van der Waals surface area contributed by atoms with Crippen LogP contribution in [0.1, 0.15) is 16.8 Å². The first kappa shape index (κ1) is 19.9. The standard InChI is InChI=1S/C19H18N2O8/c1-26-13-5-3-12(4-6-13)19(23)29-11-18(22)20-14-9-16-17(10-15(14)21(24)25)28-8-2-7-27-16/h3-6,9-10H,2,7-8,11H2,1H3,(H,20,22). The lowest BCUT2D eigenvalue weighted by molar-refractivity contribution is -0.384. The van der Waals surface area contributed by atoms with Crippen molar-refractivity contribution in [2.24, 2.45) is 0 Å². The molecule has 0 aromatic heterocycles. The molecule has 1 aliphatic rings. The molecular weight excluding hydrogens is 384 g/mol. The number of hydrogen-bond acceptors (Lipinski definition) is 8. The van der Waals surface area contributed by atoms with Crippen LogP contribution in [0.5, 0.6) is 17.2 Å². The normalized spacial score (nSPS) is 12.4. The molecule has 1 heterocycles. The first-order chi connectivity index (χ1) is 14.0. The summed E-state index contributed by atoms with van der Waals surface area (Å²) in [5.41, 5.74) is -0.200. The Kier molecular flexibility index (Phi) is 6.12. The molecular formula is C19H18N2O8. The van der Waals surface area contributed by atoms with Crippen molar-refractivity contribution < 1.29 is 33.5 Å². The molecule has 0 atom stereocenters. The van der Waals surface area contributed by atoms with Gasteiger partial charge < -0.3 is 24.3 Å². The van der Waals surface area contributed by atoms with Crippen molar-refractivity contribution in [3.05, 3.63) is 52.1 Å². The minimum atomic E-state index is -0.732. The summed E-state index contributed by atoms with van der Waals surface area (Å²) in [4.78, 5) is 34.9. The summed E-state index contributed by atoms with van der Waals surface area (Å²) in [6.07, 6.45) is 0.630. The van der Waals surface area contributed by atoms with Crippen LogP contribution in [0.15, 0.2) is 36.4 Å². The van der Waals surface area contributed by atoms with Crippen molar-refractivity contribution in [2.75, 3.05) is 32.2 Å². The van der Waals surface area contributed by atoms with Crippen molar-refractivity contribution in [2.45, 2.75) is 6.42 Å². The Morgan fingerprint density at radius 2 is 1.79 bits per heavy atom. The van der Waals surface area contributed by atoms with Crippen LogP contribution in [0.25, 0.3) is 0 Å². The van der Waals surface area contributed by atoms with Gasteiger partial charge in [0.2, 0.25) is 0 Å². The minimum Gasteiger partial charge on any atom is -0.497 e. The van der Waals surface area contributed by atoms with E-state index in [1.54, 1.807) is 12.1 Å². The minimum absolute atomic E-state index is 0.0789. The van der Waals surface area contributed by atoms with Gasteiger partial charge in [-0.15, -0.1) is 0 Å². The van der Waals surface area contributed by atoms with E-state index in [1.165, 1.54) is 31.4 Å². The Labute approximate surface area is 165 Å². The summed E-state index contributed by atoms with van der Waals surface area (Å²) in [6, 6.07) is 8.67. The molecule has 0 spiro atoms. The first-order valence-electron chi connectivity index (χ1n) is 8.67. The summed E-state index contributed by atoms with van der Waals surface area (Å²) >= 11 is 0. The number of anilines is 1. The number of hydrogen-bond donors (Lipinski definition) is 1. The van der Waals surface area contributed by atoms with E-state index in [0.29, 0.717) is 31.1 Å². The Morgan fingerprint density at radius 3 is 2.41 bits per heavy atom. The second-order valence-electron chi connectivity index (χ2n) is 5.98. The number of rotatable bonds is 6. The van der Waals surface area contributed by atoms with Crippen molar-refractivity contribution in [3.63, 3.8) is 0 Å². The molecule has 0 aliphatic carbocycles. The molecule has 1 amide bonds. The number of carbonyl (C=O) groups excluding carboxylic acids is 2. The maximum atomic E-state index is 12.2. The lowest BCUT2D eigenvalue weighted by Crippen LogP contribution is -2.21. The molecule has 2 aromatic rings. The highest BCUT2D eigenvalue weighted by Crippen LogP contribution is 2.39. The Balaban J connectivity index is 1.67. The molecule has 1 N–H and O–H groups in total. The lowest BCUT2D eigenvalue weighted by Gasteiger charge is -2.11. The van der Waals surface area contributed by atoms with Gasteiger partial charge in [-0.2, -0.15) is 0 Å². The van der Waals surface area contributed by atoms with Crippen molar-refractivity contribution in [1.82, 2.24) is 0 Å². The number of ether oxygens (including phenoxy) is 4. The molecule has 1 aliphatic heterocycles. The predicted octanol–water partition coefficient (Wildman–Crippen LogP) is 2.56. The molecule has 10 heteroatoms. The van der Waals surface area contributed by atoms with E-state index >= 15 is 0 Å². The van der Waals surface area contributed by atoms with Crippen LogP contribution in [-0.2, 0) is 9.53 Å². The predicted molar refractivity (Wildman–Crippen MR) is 101 cm³/mol. The van der Waals surface area contributed by atoms with Crippen molar-refractivity contribution >= 4 is 23.3 Å². The van der Waals surface area contributed by atoms with Crippen LogP contribution in [0.4, 0.5) is 11.4 Å². The van der Waals surface area contributed by atoms with E-state index in [0.717, 1.165) is 0 Å². The van der Waals surface area contributed by atoms with Gasteiger partial charge in [0.15, 0.2) is 18.1 Å². The zero-order chi connectivity index (χ0) is 20.8. The highest BCUT2D eigenvalue weighted by Gasteiger charge is 2.23. The molecule has 3 rings (SSSR count). The van der Waals surface area contributed by atoms with E-state index in [2.05, 4.69) is 5.32 Å². The number of amides is 1. The highest BCUT2D eigenvalue weighted by molar-refractivity contribution is 5.97. The van der Waals surface area contributed by atoms with Crippen LogP contribution in [0, 0.1) is 10.1 Å². The van der Waals surface area contributed by atoms with Crippen LogP contribution in [0.2, 0.25) is 0 Å². The van der Waals surface area contributed by atoms with Gasteiger partial charge in [-0.05, 0) is 24.3 Å². The number of nitrogens with one attached hydrogen (secondary N) is 1. The topological polar surface area (TPSA) is 126 Å². The molecule has 0 radical (unpaired) electrons. The van der Waals surface area contributed by atoms with Crippen molar-refractivity contribution in [3.8, 4) is 17.2 Å². The second-order valence-corrected chi connectivity index (χ2v) is 5.98. The number of esters is 1. The molecule has 29 heavy (non-hydrogen) atoms. The number of benzene rings is 2. The fourth-order valence-corrected chi connectivity index (χ4v) is 2.58. The monoisotopic (exact) mass is 402 g/mol. The Bertz CT molecular complexity index is 927. The maximum Gasteiger partial charge on any atom is 0.338 e. The summed E-state index contributed by atoms with van der Waals surface area (Å²) in [7, 11) is 1.50. The number of fused-ring (bicyclic) bond motifs is 1. The molecule has 0 unspecified atom stereocenters. The van der Waals surface area contributed by atoms with Gasteiger partial charge in [0, 0.05) is 12.5 Å². The molecule has 0 fully saturated rings. The Hall–Kier alpha value is -3.82. The fraction of sp³-hybridized carbons (Fsp3) is 0.263. The number of carbonyl (C=O) groups is 2. The van der Waals surface area contributed by atoms with Gasteiger partial charge in [0.1, 0.15) is 11.4 Å². The summed E-state index contributed by atoms with van der Waals surface area (Å²) in [6.45, 7) is 0.144. The van der Waals surface area contributed by atoms with Crippen LogP contribution in [-0.4, -0.2) is 43.7 Å². The second kappa shape index (κ2) is 8.91. The van der Waals surface area contributed by atoms with E-state index in [-0.39, 0.29) is 22.7 Å². The zero-order valence-electron chi connectivity index (χ0n) is 15.5. The van der Waals surface area contributed by atoms with Crippen LogP contribution in [0.3, 0.4) is 0 Å². The van der Waals surface area contributed by atoms with Gasteiger partial charge in [-0.3, -0.25) is 14.9 Å². The van der Waals surface area contributed by atoms with Gasteiger partial charge in [-0.1, -0.05) is 0 Å². The third-order valence-electron chi connectivity index (χ3n) is 4.00. The van der Waals surface area contributed by atoms with Gasteiger partial charge in [0.25, 0.3) is 11.6 Å². The van der Waals surface area contributed by atoms with Crippen LogP contribution >= 0.6 is 0 Å². The Morgan fingerprint density at radius 1 is 1.14 bits per heavy atom. The van der Waals surface area contributed by atoms with E-state index in [9.17, 15) is 19.7 Å². The average molecular weight is 402 g/mol. The first-order valence-corrected chi connectivity index (χ1v) is 8.67. The van der Waals surface area contributed by atoms with Gasteiger partial charge in [-0.25, -0.2) is 4.79 Å². The summed E-state index contributed by atoms with van der Waals surface area (Å²) in [5, 5.41) is 13.7. The molecule has 10 nitrogen and oxygen atoms in total. The van der Waals surface area contributed by atoms with E-state index < -0.39 is 23.4 Å². The van der Waals surface area contributed by atoms with Gasteiger partial charge in [0.05, 0.1) is 36.9 Å².